The largest absolute Gasteiger partial charge is 0.456 e. The Hall–Kier alpha value is -3.81. The van der Waals surface area contributed by atoms with E-state index < -0.39 is 6.03 Å². The summed E-state index contributed by atoms with van der Waals surface area (Å²) in [7, 11) is 0. The van der Waals surface area contributed by atoms with Crippen LogP contribution >= 0.6 is 0 Å². The van der Waals surface area contributed by atoms with E-state index in [0.29, 0.717) is 23.9 Å². The number of amides is 3. The number of aromatic nitrogens is 3. The SMILES string of the molecule is Cc1cc(-c2cc(Oc3ccc(NC(=O)N4CCC5(CC5)C4=O)nc3)ccn2)ccn1. The molecule has 0 bridgehead atoms. The first-order chi connectivity index (χ1) is 15.0. The molecular weight excluding hydrogens is 394 g/mol. The zero-order chi connectivity index (χ0) is 21.4. The Bertz CT molecular complexity index is 1160. The minimum absolute atomic E-state index is 0.0668. The quantitative estimate of drug-likeness (QED) is 0.686. The van der Waals surface area contributed by atoms with Gasteiger partial charge in [0.2, 0.25) is 5.91 Å². The average molecular weight is 415 g/mol. The third kappa shape index (κ3) is 3.84. The monoisotopic (exact) mass is 415 g/mol. The average Bonchev–Trinajstić information content (AvgIpc) is 3.49. The van der Waals surface area contributed by atoms with Crippen LogP contribution in [0.5, 0.6) is 11.5 Å². The van der Waals surface area contributed by atoms with Crippen molar-refractivity contribution in [2.24, 2.45) is 5.41 Å². The Balaban J connectivity index is 1.24. The van der Waals surface area contributed by atoms with Gasteiger partial charge >= 0.3 is 6.03 Å². The van der Waals surface area contributed by atoms with Gasteiger partial charge in [0.1, 0.15) is 17.3 Å². The molecule has 8 nitrogen and oxygen atoms in total. The van der Waals surface area contributed by atoms with Gasteiger partial charge in [-0.3, -0.25) is 25.0 Å². The molecule has 5 rings (SSSR count). The topological polar surface area (TPSA) is 97.3 Å². The van der Waals surface area contributed by atoms with Gasteiger partial charge in [-0.15, -0.1) is 0 Å². The second-order valence-corrected chi connectivity index (χ2v) is 7.96. The Labute approximate surface area is 179 Å². The van der Waals surface area contributed by atoms with Gasteiger partial charge in [0.25, 0.3) is 0 Å². The van der Waals surface area contributed by atoms with E-state index >= 15 is 0 Å². The molecule has 1 saturated carbocycles. The van der Waals surface area contributed by atoms with E-state index in [1.165, 1.54) is 11.1 Å². The number of nitrogens with zero attached hydrogens (tertiary/aromatic N) is 4. The van der Waals surface area contributed by atoms with Crippen molar-refractivity contribution < 1.29 is 14.3 Å². The van der Waals surface area contributed by atoms with E-state index in [1.54, 1.807) is 30.6 Å². The maximum absolute atomic E-state index is 12.4. The lowest BCUT2D eigenvalue weighted by atomic mass is 10.1. The van der Waals surface area contributed by atoms with Crippen molar-refractivity contribution in [3.05, 3.63) is 60.7 Å². The standard InChI is InChI=1S/C23H21N5O3/c1-15-12-16(4-9-24-15)19-13-17(5-10-25-19)31-18-2-3-20(26-14-18)27-22(30)28-11-8-23(6-7-23)21(28)29/h2-5,9-10,12-14H,6-8,11H2,1H3,(H,26,27,30). The van der Waals surface area contributed by atoms with Crippen LogP contribution in [0.2, 0.25) is 0 Å². The molecule has 2 aliphatic rings. The third-order valence-electron chi connectivity index (χ3n) is 5.74. The predicted molar refractivity (Wildman–Crippen MR) is 114 cm³/mol. The van der Waals surface area contributed by atoms with Crippen molar-refractivity contribution in [1.29, 1.82) is 0 Å². The summed E-state index contributed by atoms with van der Waals surface area (Å²) in [5.74, 6) is 1.44. The van der Waals surface area contributed by atoms with Gasteiger partial charge in [-0.1, -0.05) is 0 Å². The van der Waals surface area contributed by atoms with E-state index in [4.69, 9.17) is 4.74 Å². The van der Waals surface area contributed by atoms with Gasteiger partial charge in [0, 0.05) is 36.3 Å². The Kier molecular flexibility index (Phi) is 4.62. The molecule has 1 N–H and O–H groups in total. The van der Waals surface area contributed by atoms with Crippen molar-refractivity contribution in [2.75, 3.05) is 11.9 Å². The van der Waals surface area contributed by atoms with Gasteiger partial charge < -0.3 is 4.74 Å². The number of imide groups is 1. The predicted octanol–water partition coefficient (Wildman–Crippen LogP) is 4.18. The molecule has 1 spiro atoms. The van der Waals surface area contributed by atoms with Gasteiger partial charge in [0.15, 0.2) is 0 Å². The van der Waals surface area contributed by atoms with Gasteiger partial charge in [-0.25, -0.2) is 9.78 Å². The second kappa shape index (κ2) is 7.46. The van der Waals surface area contributed by atoms with E-state index in [0.717, 1.165) is 36.2 Å². The first kappa shape index (κ1) is 19.2. The molecule has 1 saturated heterocycles. The van der Waals surface area contributed by atoms with Crippen LogP contribution in [-0.2, 0) is 4.79 Å². The number of ether oxygens (including phenoxy) is 1. The maximum atomic E-state index is 12.4. The fourth-order valence-corrected chi connectivity index (χ4v) is 3.79. The molecule has 1 aliphatic carbocycles. The minimum atomic E-state index is -0.429. The number of aryl methyl sites for hydroxylation is 1. The number of rotatable bonds is 4. The van der Waals surface area contributed by atoms with Crippen molar-refractivity contribution in [2.45, 2.75) is 26.2 Å². The van der Waals surface area contributed by atoms with Crippen molar-refractivity contribution in [3.8, 4) is 22.8 Å². The van der Waals surface area contributed by atoms with Crippen molar-refractivity contribution in [3.63, 3.8) is 0 Å². The van der Waals surface area contributed by atoms with Crippen LogP contribution in [0.3, 0.4) is 0 Å². The van der Waals surface area contributed by atoms with E-state index in [2.05, 4.69) is 20.3 Å². The molecule has 3 aromatic heterocycles. The van der Waals surface area contributed by atoms with E-state index in [9.17, 15) is 9.59 Å². The smallest absolute Gasteiger partial charge is 0.329 e. The molecule has 3 aromatic rings. The van der Waals surface area contributed by atoms with E-state index in [-0.39, 0.29) is 11.3 Å². The lowest BCUT2D eigenvalue weighted by molar-refractivity contribution is -0.129. The molecule has 31 heavy (non-hydrogen) atoms. The van der Waals surface area contributed by atoms with Crippen LogP contribution in [0.25, 0.3) is 11.3 Å². The van der Waals surface area contributed by atoms with Crippen molar-refractivity contribution >= 4 is 17.8 Å². The third-order valence-corrected chi connectivity index (χ3v) is 5.74. The highest BCUT2D eigenvalue weighted by Gasteiger charge is 2.56. The zero-order valence-electron chi connectivity index (χ0n) is 17.0. The van der Waals surface area contributed by atoms with Crippen LogP contribution in [0.15, 0.2) is 55.0 Å². The van der Waals surface area contributed by atoms with E-state index in [1.807, 2.05) is 25.1 Å². The number of hydrogen-bond donors (Lipinski definition) is 1. The molecule has 156 valence electrons. The highest BCUT2D eigenvalue weighted by molar-refractivity contribution is 6.05. The molecule has 2 fully saturated rings. The van der Waals surface area contributed by atoms with Crippen LogP contribution in [-0.4, -0.2) is 38.3 Å². The Morgan fingerprint density at radius 2 is 1.87 bits per heavy atom. The molecule has 0 unspecified atom stereocenters. The summed E-state index contributed by atoms with van der Waals surface area (Å²) in [6, 6.07) is 10.4. The van der Waals surface area contributed by atoms with Gasteiger partial charge in [-0.2, -0.15) is 0 Å². The molecule has 0 aromatic carbocycles. The number of anilines is 1. The molecule has 0 atom stereocenters. The normalized spacial score (nSPS) is 16.4. The maximum Gasteiger partial charge on any atom is 0.329 e. The first-order valence-corrected chi connectivity index (χ1v) is 10.2. The second-order valence-electron chi connectivity index (χ2n) is 7.96. The number of urea groups is 1. The van der Waals surface area contributed by atoms with Crippen LogP contribution in [0, 0.1) is 12.3 Å². The zero-order valence-corrected chi connectivity index (χ0v) is 17.0. The molecular formula is C23H21N5O3. The van der Waals surface area contributed by atoms with Crippen LogP contribution < -0.4 is 10.1 Å². The number of carbonyl (C=O) groups is 2. The van der Waals surface area contributed by atoms with Gasteiger partial charge in [-0.05, 0) is 56.5 Å². The molecule has 4 heterocycles. The highest BCUT2D eigenvalue weighted by Crippen LogP contribution is 2.53. The molecule has 1 aliphatic heterocycles. The summed E-state index contributed by atoms with van der Waals surface area (Å²) in [4.78, 5) is 38.9. The summed E-state index contributed by atoms with van der Waals surface area (Å²) >= 11 is 0. The Morgan fingerprint density at radius 3 is 2.58 bits per heavy atom. The molecule has 0 radical (unpaired) electrons. The Morgan fingerprint density at radius 1 is 1.03 bits per heavy atom. The number of likely N-dealkylation sites (tertiary alicyclic amines) is 1. The van der Waals surface area contributed by atoms with Gasteiger partial charge in [0.05, 0.1) is 17.3 Å². The minimum Gasteiger partial charge on any atom is -0.456 e. The number of nitrogens with one attached hydrogen (secondary N) is 1. The summed E-state index contributed by atoms with van der Waals surface area (Å²) < 4.78 is 5.89. The van der Waals surface area contributed by atoms with Crippen LogP contribution in [0.4, 0.5) is 10.6 Å². The lowest BCUT2D eigenvalue weighted by Crippen LogP contribution is -2.37. The summed E-state index contributed by atoms with van der Waals surface area (Å²) in [5, 5.41) is 2.69. The number of pyridine rings is 3. The first-order valence-electron chi connectivity index (χ1n) is 10.2. The molecule has 8 heteroatoms. The fourth-order valence-electron chi connectivity index (χ4n) is 3.79. The van der Waals surface area contributed by atoms with Crippen molar-refractivity contribution in [1.82, 2.24) is 19.9 Å². The number of carbonyl (C=O) groups excluding carboxylic acids is 2. The summed E-state index contributed by atoms with van der Waals surface area (Å²) in [5.41, 5.74) is 2.39. The highest BCUT2D eigenvalue weighted by atomic mass is 16.5. The lowest BCUT2D eigenvalue weighted by Gasteiger charge is -2.15. The summed E-state index contributed by atoms with van der Waals surface area (Å²) in [6.45, 7) is 2.40. The fraction of sp³-hybridized carbons (Fsp3) is 0.261. The van der Waals surface area contributed by atoms with Crippen LogP contribution in [0.1, 0.15) is 25.0 Å². The number of hydrogen-bond acceptors (Lipinski definition) is 6. The summed E-state index contributed by atoms with van der Waals surface area (Å²) in [6.07, 6.45) is 7.49. The molecule has 3 amide bonds.